The molecule has 2 aliphatic rings. The summed E-state index contributed by atoms with van der Waals surface area (Å²) in [6.45, 7) is 18.3. The van der Waals surface area contributed by atoms with Crippen LogP contribution in [-0.4, -0.2) is 21.0 Å². The number of aromatic nitrogens is 2. The molecule has 0 saturated heterocycles. The molecular weight excluding hydrogens is 800 g/mol. The average Bonchev–Trinajstić information content (AvgIpc) is 3.21. The van der Waals surface area contributed by atoms with Gasteiger partial charge in [0.2, 0.25) is 5.43 Å². The lowest BCUT2D eigenvalue weighted by molar-refractivity contribution is 0.0697. The summed E-state index contributed by atoms with van der Waals surface area (Å²) in [6.07, 6.45) is 0. The number of carboxylic acid groups (broad SMARTS) is 1. The molecule has 3 heterocycles. The second-order valence-electron chi connectivity index (χ2n) is 16.5. The van der Waals surface area contributed by atoms with E-state index in [0.717, 1.165) is 71.5 Å². The van der Waals surface area contributed by atoms with E-state index in [-0.39, 0.29) is 34.1 Å². The molecule has 4 atom stereocenters. The van der Waals surface area contributed by atoms with E-state index in [2.05, 4.69) is 81.7 Å². The van der Waals surface area contributed by atoms with Crippen LogP contribution in [0.15, 0.2) is 99.0 Å². The number of pyridine rings is 2. The zero-order valence-electron chi connectivity index (χ0n) is 35.8. The van der Waals surface area contributed by atoms with Gasteiger partial charge >= 0.3 is 5.97 Å². The van der Waals surface area contributed by atoms with Crippen LogP contribution in [0.2, 0.25) is 5.02 Å². The van der Waals surface area contributed by atoms with Crippen molar-refractivity contribution < 1.29 is 14.3 Å². The van der Waals surface area contributed by atoms with E-state index in [1.54, 1.807) is 24.3 Å². The fraction of sp³-hybridized carbons (Fsp3) is 0.255. The number of carbonyl (C=O) groups is 1. The summed E-state index contributed by atoms with van der Waals surface area (Å²) in [5.74, 6) is -0.766. The number of hydrogen-bond acceptors (Lipinski definition) is 8. The predicted octanol–water partition coefficient (Wildman–Crippen LogP) is 12.7. The predicted molar refractivity (Wildman–Crippen MR) is 251 cm³/mol. The van der Waals surface area contributed by atoms with Crippen LogP contribution in [0, 0.1) is 34.6 Å². The van der Waals surface area contributed by atoms with Gasteiger partial charge in [0, 0.05) is 73.3 Å². The fourth-order valence-electron chi connectivity index (χ4n) is 9.01. The van der Waals surface area contributed by atoms with Gasteiger partial charge in [0.1, 0.15) is 11.3 Å². The van der Waals surface area contributed by atoms with Gasteiger partial charge in [0.25, 0.3) is 0 Å². The van der Waals surface area contributed by atoms with Crippen molar-refractivity contribution in [3.8, 4) is 22.5 Å². The van der Waals surface area contributed by atoms with E-state index < -0.39 is 12.0 Å². The van der Waals surface area contributed by atoms with Crippen molar-refractivity contribution in [3.05, 3.63) is 156 Å². The van der Waals surface area contributed by atoms with E-state index in [1.807, 2.05) is 52.0 Å². The van der Waals surface area contributed by atoms with Gasteiger partial charge in [0.15, 0.2) is 0 Å². The SMILES string of the molecule is Cc1ccc2c(C)ccc(C(C)NC(C)c3c4oc5c(C(C)NC(C)c6ccc(C)c7ccc(C)nc67)c(S)c(C)cc5c(-c5ccccc5C(=O)O)c-4cc(Cl)c3=O)c2n1. The van der Waals surface area contributed by atoms with Gasteiger partial charge in [-0.25, -0.2) is 4.79 Å². The monoisotopic (exact) mass is 848 g/mol. The Labute approximate surface area is 366 Å². The van der Waals surface area contributed by atoms with Crippen molar-refractivity contribution in [2.45, 2.75) is 91.4 Å². The van der Waals surface area contributed by atoms with Crippen molar-refractivity contribution in [1.82, 2.24) is 20.6 Å². The Balaban J connectivity index is 1.35. The van der Waals surface area contributed by atoms with Gasteiger partial charge in [0.05, 0.1) is 27.2 Å². The molecule has 61 heavy (non-hydrogen) atoms. The molecule has 0 fully saturated rings. The van der Waals surface area contributed by atoms with Gasteiger partial charge < -0.3 is 20.2 Å². The molecular formula is C51H49ClN4O4S. The van der Waals surface area contributed by atoms with Crippen molar-refractivity contribution in [1.29, 1.82) is 0 Å². The Morgan fingerprint density at radius 3 is 1.77 bits per heavy atom. The molecule has 3 N–H and O–H groups in total. The van der Waals surface area contributed by atoms with Gasteiger partial charge in [-0.15, -0.1) is 12.6 Å². The standard InChI is InChI=1S/C51H49ClN4O4S/c1-24-14-18-35(45-33(24)20-16-27(4)53-45)29(6)55-31(8)42-47(57)41(52)23-40-44(37-12-10-11-13-38(37)51(58)59)39-22-26(3)50(61)43(49(39)60-48(40)42)32(9)56-30(7)36-19-15-25(2)34-21-17-28(5)54-46(34)36/h10-23,29-32,55-56,61H,1-9H3,(H,58,59). The molecule has 10 heteroatoms. The van der Waals surface area contributed by atoms with Crippen molar-refractivity contribution in [2.75, 3.05) is 0 Å². The minimum atomic E-state index is -1.08. The van der Waals surface area contributed by atoms with Crippen LogP contribution in [0.1, 0.15) is 113 Å². The molecule has 0 bridgehead atoms. The van der Waals surface area contributed by atoms with Crippen LogP contribution >= 0.6 is 24.2 Å². The van der Waals surface area contributed by atoms with Crippen LogP contribution in [0.25, 0.3) is 55.2 Å². The third-order valence-electron chi connectivity index (χ3n) is 12.2. The van der Waals surface area contributed by atoms with Crippen LogP contribution in [-0.2, 0) is 0 Å². The van der Waals surface area contributed by atoms with Gasteiger partial charge in [-0.1, -0.05) is 66.2 Å². The highest BCUT2D eigenvalue weighted by molar-refractivity contribution is 7.80. The lowest BCUT2D eigenvalue weighted by atomic mass is 9.86. The van der Waals surface area contributed by atoms with E-state index >= 15 is 0 Å². The molecule has 0 spiro atoms. The molecule has 0 radical (unpaired) electrons. The van der Waals surface area contributed by atoms with Crippen molar-refractivity contribution in [3.63, 3.8) is 0 Å². The lowest BCUT2D eigenvalue weighted by Crippen LogP contribution is -2.28. The molecule has 0 saturated carbocycles. The maximum absolute atomic E-state index is 14.4. The minimum Gasteiger partial charge on any atom is -0.478 e. The van der Waals surface area contributed by atoms with Crippen LogP contribution in [0.5, 0.6) is 0 Å². The average molecular weight is 849 g/mol. The number of aryl methyl sites for hydroxylation is 5. The first kappa shape index (κ1) is 42.1. The maximum atomic E-state index is 14.4. The lowest BCUT2D eigenvalue weighted by Gasteiger charge is -2.28. The third kappa shape index (κ3) is 7.48. The summed E-state index contributed by atoms with van der Waals surface area (Å²) in [4.78, 5) is 37.9. The third-order valence-corrected chi connectivity index (χ3v) is 13.0. The van der Waals surface area contributed by atoms with Gasteiger partial charge in [-0.2, -0.15) is 0 Å². The van der Waals surface area contributed by atoms with Gasteiger partial charge in [-0.3, -0.25) is 14.8 Å². The van der Waals surface area contributed by atoms with Crippen LogP contribution in [0.4, 0.5) is 0 Å². The Morgan fingerprint density at radius 2 is 1.21 bits per heavy atom. The van der Waals surface area contributed by atoms with E-state index in [0.29, 0.717) is 39.0 Å². The number of thiol groups is 1. The summed E-state index contributed by atoms with van der Waals surface area (Å²) in [5.41, 5.74) is 11.8. The largest absolute Gasteiger partial charge is 0.478 e. The minimum absolute atomic E-state index is 0.00581. The maximum Gasteiger partial charge on any atom is 0.336 e. The first-order chi connectivity index (χ1) is 29.0. The topological polar surface area (TPSA) is 117 Å². The smallest absolute Gasteiger partial charge is 0.336 e. The molecule has 1 aliphatic carbocycles. The molecule has 1 aliphatic heterocycles. The highest BCUT2D eigenvalue weighted by Gasteiger charge is 2.32. The summed E-state index contributed by atoms with van der Waals surface area (Å²) >= 11 is 12.0. The Kier molecular flexibility index (Phi) is 11.3. The molecule has 2 aromatic heterocycles. The normalized spacial score (nSPS) is 13.9. The Morgan fingerprint density at radius 1 is 0.672 bits per heavy atom. The van der Waals surface area contributed by atoms with Crippen molar-refractivity contribution >= 4 is 63.0 Å². The second-order valence-corrected chi connectivity index (χ2v) is 17.4. The summed E-state index contributed by atoms with van der Waals surface area (Å²) in [5, 5.41) is 20.9. The Hall–Kier alpha value is -5.58. The number of carboxylic acids is 1. The summed E-state index contributed by atoms with van der Waals surface area (Å²) in [6, 6.07) is 25.9. The highest BCUT2D eigenvalue weighted by atomic mass is 35.5. The molecule has 8 nitrogen and oxygen atoms in total. The number of benzene rings is 5. The first-order valence-electron chi connectivity index (χ1n) is 20.6. The molecule has 6 aromatic rings. The molecule has 0 amide bonds. The zero-order chi connectivity index (χ0) is 43.6. The molecule has 8 rings (SSSR count). The van der Waals surface area contributed by atoms with E-state index in [9.17, 15) is 14.7 Å². The van der Waals surface area contributed by atoms with E-state index in [1.165, 1.54) is 0 Å². The fourth-order valence-corrected chi connectivity index (χ4v) is 9.58. The highest BCUT2D eigenvalue weighted by Crippen LogP contribution is 2.48. The summed E-state index contributed by atoms with van der Waals surface area (Å²) in [7, 11) is 0. The number of nitrogens with one attached hydrogen (secondary N) is 2. The molecule has 4 unspecified atom stereocenters. The first-order valence-corrected chi connectivity index (χ1v) is 21.4. The molecule has 310 valence electrons. The molecule has 4 aromatic carbocycles. The number of aromatic carboxylic acids is 1. The quantitative estimate of drug-likeness (QED) is 0.0794. The number of rotatable bonds is 10. The Bertz CT molecular complexity index is 3110. The van der Waals surface area contributed by atoms with Crippen molar-refractivity contribution in [2.24, 2.45) is 0 Å². The van der Waals surface area contributed by atoms with Gasteiger partial charge in [-0.05, 0) is 126 Å². The summed E-state index contributed by atoms with van der Waals surface area (Å²) < 4.78 is 7.10. The number of nitrogens with zero attached hydrogens (tertiary/aromatic N) is 2. The van der Waals surface area contributed by atoms with Crippen LogP contribution < -0.4 is 16.1 Å². The van der Waals surface area contributed by atoms with E-state index in [4.69, 9.17) is 38.6 Å². The van der Waals surface area contributed by atoms with Crippen LogP contribution in [0.3, 0.4) is 0 Å². The number of hydrogen-bond donors (Lipinski definition) is 4. The second kappa shape index (κ2) is 16.4. The zero-order valence-corrected chi connectivity index (χ0v) is 37.4. The number of halogens is 1. The number of fused-ring (bicyclic) bond motifs is 4.